The number of carbonyl (C=O) groups excluding carboxylic acids is 3. The van der Waals surface area contributed by atoms with Crippen molar-refractivity contribution in [1.82, 2.24) is 40.1 Å². The lowest BCUT2D eigenvalue weighted by Crippen LogP contribution is -2.49. The molecule has 4 atom stereocenters. The van der Waals surface area contributed by atoms with E-state index in [1.165, 1.54) is 22.3 Å². The minimum absolute atomic E-state index is 0.0475. The van der Waals surface area contributed by atoms with Crippen LogP contribution in [0.4, 0.5) is 11.5 Å². The number of amides is 3. The molecule has 91 heavy (non-hydrogen) atoms. The van der Waals surface area contributed by atoms with Crippen LogP contribution in [0.5, 0.6) is 17.5 Å². The number of nitrogens with one attached hydrogen (secondary N) is 1. The zero-order chi connectivity index (χ0) is 63.8. The SMILES string of the molecule is C=CC(=O)N1CCN(c2nc(O[C@H](C)CN3CCC(OCCOCCOCCOCCOCCOc4cc(-c5scnc5C)ccc4CNC(=O)[C@@H]4C[C@@H](O)CN4C(=O)[C@H](c4cc(C)no4)C(C)C)CC3)nc3c2CCN(c2cc(O)cc4ccccc24)C3)CC1. The lowest BCUT2D eigenvalue weighted by atomic mass is 9.91. The van der Waals surface area contributed by atoms with Gasteiger partial charge in [-0.25, -0.2) is 4.98 Å². The number of thiazole rings is 1. The number of likely N-dealkylation sites (tertiary alicyclic amines) is 2. The monoisotopic (exact) mass is 1270 g/mol. The topological polar surface area (TPSA) is 249 Å². The molecule has 24 heteroatoms. The minimum atomic E-state index is -0.855. The van der Waals surface area contributed by atoms with Gasteiger partial charge in [0, 0.05) is 106 Å². The molecule has 7 heterocycles. The summed E-state index contributed by atoms with van der Waals surface area (Å²) in [5, 5.41) is 30.4. The van der Waals surface area contributed by atoms with E-state index in [0.717, 1.165) is 101 Å². The van der Waals surface area contributed by atoms with Crippen molar-refractivity contribution < 1.29 is 62.3 Å². The number of piperidine rings is 1. The Morgan fingerprint density at radius 1 is 0.835 bits per heavy atom. The number of anilines is 2. The molecule has 23 nitrogen and oxygen atoms in total. The molecule has 0 spiro atoms. The highest BCUT2D eigenvalue weighted by Gasteiger charge is 2.43. The number of piperazine rings is 1. The standard InChI is InChI=1S/C67H88N10O13S/c1-7-61(80)74-20-22-75(23-21-74)64-55-16-19-76(57-37-51(78)35-48-10-8-9-11-54(48)57)42-56(55)70-67(71-64)89-46(5)40-73-17-14-53(15-18-73)87-32-30-85-28-26-83-24-25-84-27-29-86-31-33-88-59-36-49(63-47(6)69-43-91-63)12-13-50(59)39-68-65(81)58-38-52(79)41-77(58)66(82)62(44(2)3)60-34-45(4)72-90-60/h7-13,34-37,43-44,46,52-53,58,62,78-79H,1,14-33,38-42H2,2-6H3,(H,68,81)/t46-,52-,58+,62+/m1/s1. The Kier molecular flexibility index (Phi) is 23.7. The molecule has 0 unspecified atom stereocenters. The van der Waals surface area contributed by atoms with E-state index in [4.69, 9.17) is 47.6 Å². The van der Waals surface area contributed by atoms with Gasteiger partial charge in [0.05, 0.1) is 106 Å². The number of phenols is 1. The second-order valence-electron chi connectivity index (χ2n) is 24.0. The molecule has 10 rings (SSSR count). The van der Waals surface area contributed by atoms with Crippen molar-refractivity contribution >= 4 is 51.3 Å². The van der Waals surface area contributed by atoms with Gasteiger partial charge >= 0.3 is 6.01 Å². The van der Waals surface area contributed by atoms with E-state index in [2.05, 4.69) is 49.7 Å². The molecule has 3 fully saturated rings. The molecule has 490 valence electrons. The van der Waals surface area contributed by atoms with Crippen LogP contribution in [-0.2, 0) is 57.6 Å². The fourth-order valence-corrected chi connectivity index (χ4v) is 13.2. The highest BCUT2D eigenvalue weighted by Crippen LogP contribution is 2.38. The molecular weight excluding hydrogens is 1180 g/mol. The Balaban J connectivity index is 0.585. The number of phenolic OH excluding ortho intramolecular Hbond substituents is 1. The summed E-state index contributed by atoms with van der Waals surface area (Å²) in [6.45, 7) is 23.8. The fraction of sp³-hybridized carbons (Fsp3) is 0.537. The van der Waals surface area contributed by atoms with E-state index in [0.29, 0.717) is 115 Å². The summed E-state index contributed by atoms with van der Waals surface area (Å²) in [4.78, 5) is 65.9. The van der Waals surface area contributed by atoms with E-state index < -0.39 is 18.1 Å². The smallest absolute Gasteiger partial charge is 0.318 e. The minimum Gasteiger partial charge on any atom is -0.508 e. The fourth-order valence-electron chi connectivity index (χ4n) is 12.4. The quantitative estimate of drug-likeness (QED) is 0.0297. The predicted molar refractivity (Wildman–Crippen MR) is 345 cm³/mol. The van der Waals surface area contributed by atoms with Gasteiger partial charge in [-0.3, -0.25) is 19.3 Å². The lowest BCUT2D eigenvalue weighted by molar-refractivity contribution is -0.141. The summed E-state index contributed by atoms with van der Waals surface area (Å²) in [5.74, 6) is 0.628. The summed E-state index contributed by atoms with van der Waals surface area (Å²) in [7, 11) is 0. The molecule has 0 saturated carbocycles. The van der Waals surface area contributed by atoms with Crippen LogP contribution in [-0.4, -0.2) is 212 Å². The number of benzene rings is 3. The average molecular weight is 1270 g/mol. The molecule has 3 amide bonds. The zero-order valence-corrected chi connectivity index (χ0v) is 53.9. The molecule has 3 saturated heterocycles. The van der Waals surface area contributed by atoms with Crippen LogP contribution < -0.4 is 24.6 Å². The second kappa shape index (κ2) is 32.3. The summed E-state index contributed by atoms with van der Waals surface area (Å²) >= 11 is 1.54. The van der Waals surface area contributed by atoms with Crippen LogP contribution in [0.3, 0.4) is 0 Å². The number of fused-ring (bicyclic) bond motifs is 2. The van der Waals surface area contributed by atoms with Gasteiger partial charge in [0.25, 0.3) is 0 Å². The number of ether oxygens (including phenoxy) is 7. The van der Waals surface area contributed by atoms with Crippen molar-refractivity contribution in [3.05, 3.63) is 113 Å². The Morgan fingerprint density at radius 3 is 2.23 bits per heavy atom. The molecule has 0 radical (unpaired) electrons. The molecule has 4 aliphatic heterocycles. The number of carbonyl (C=O) groups is 3. The van der Waals surface area contributed by atoms with Gasteiger partial charge in [-0.1, -0.05) is 62.0 Å². The summed E-state index contributed by atoms with van der Waals surface area (Å²) in [6, 6.07) is 18.8. The van der Waals surface area contributed by atoms with E-state index in [1.54, 1.807) is 24.6 Å². The third-order valence-electron chi connectivity index (χ3n) is 17.1. The van der Waals surface area contributed by atoms with Crippen molar-refractivity contribution in [3.8, 4) is 28.0 Å². The Morgan fingerprint density at radius 2 is 1.55 bits per heavy atom. The Bertz CT molecular complexity index is 3380. The van der Waals surface area contributed by atoms with Crippen LogP contribution >= 0.6 is 11.3 Å². The van der Waals surface area contributed by atoms with Gasteiger partial charge in [-0.15, -0.1) is 11.3 Å². The van der Waals surface area contributed by atoms with Crippen LogP contribution in [0.15, 0.2) is 83.4 Å². The van der Waals surface area contributed by atoms with Gasteiger partial charge in [-0.2, -0.15) is 9.97 Å². The van der Waals surface area contributed by atoms with E-state index >= 15 is 0 Å². The first-order valence-electron chi connectivity index (χ1n) is 31.9. The zero-order valence-electron chi connectivity index (χ0n) is 53.1. The maximum Gasteiger partial charge on any atom is 0.318 e. The number of aryl methyl sites for hydroxylation is 2. The van der Waals surface area contributed by atoms with Gasteiger partial charge in [0.15, 0.2) is 0 Å². The normalized spacial score (nSPS) is 18.0. The van der Waals surface area contributed by atoms with E-state index in [9.17, 15) is 24.6 Å². The molecular formula is C67H88N10O13S. The number of hydrogen-bond acceptors (Lipinski definition) is 21. The largest absolute Gasteiger partial charge is 0.508 e. The maximum atomic E-state index is 13.9. The number of β-amino-alcohol motifs (C(OH)–C–C–N with tert-alkyl or cyclic N) is 1. The molecule has 0 aliphatic carbocycles. The van der Waals surface area contributed by atoms with Crippen molar-refractivity contribution in [3.63, 3.8) is 0 Å². The highest BCUT2D eigenvalue weighted by atomic mass is 32.1. The van der Waals surface area contributed by atoms with Crippen molar-refractivity contribution in [2.45, 2.75) is 104 Å². The Hall–Kier alpha value is -7.29. The molecule has 6 aromatic rings. The first kappa shape index (κ1) is 66.6. The number of rotatable bonds is 31. The second-order valence-corrected chi connectivity index (χ2v) is 24.9. The number of aromatic nitrogens is 4. The Labute approximate surface area is 536 Å². The summed E-state index contributed by atoms with van der Waals surface area (Å²) in [5.41, 5.74) is 8.02. The number of aliphatic hydroxyl groups is 1. The molecule has 4 aliphatic rings. The third kappa shape index (κ3) is 17.7. The summed E-state index contributed by atoms with van der Waals surface area (Å²) in [6.07, 6.45) is 3.19. The van der Waals surface area contributed by atoms with Crippen LogP contribution in [0.1, 0.15) is 79.9 Å². The average Bonchev–Trinajstić information content (AvgIpc) is 1.29. The first-order chi connectivity index (χ1) is 44.2. The maximum absolute atomic E-state index is 13.9. The molecule has 3 aromatic carbocycles. The van der Waals surface area contributed by atoms with Gasteiger partial charge in [0.1, 0.15) is 47.7 Å². The number of nitrogens with zero attached hydrogens (tertiary/aromatic N) is 9. The van der Waals surface area contributed by atoms with Crippen molar-refractivity contribution in [1.29, 1.82) is 0 Å². The summed E-state index contributed by atoms with van der Waals surface area (Å²) < 4.78 is 47.6. The number of aromatic hydroxyl groups is 1. The van der Waals surface area contributed by atoms with Gasteiger partial charge in [0.2, 0.25) is 17.7 Å². The molecule has 3 N–H and O–H groups in total. The van der Waals surface area contributed by atoms with E-state index in [-0.39, 0.29) is 67.7 Å². The van der Waals surface area contributed by atoms with Crippen LogP contribution in [0.25, 0.3) is 21.2 Å². The van der Waals surface area contributed by atoms with Gasteiger partial charge < -0.3 is 72.8 Å². The van der Waals surface area contributed by atoms with Crippen LogP contribution in [0.2, 0.25) is 0 Å². The van der Waals surface area contributed by atoms with Crippen molar-refractivity contribution in [2.24, 2.45) is 5.92 Å². The predicted octanol–water partition coefficient (Wildman–Crippen LogP) is 6.87. The number of aliphatic hydroxyl groups excluding tert-OH is 1. The lowest BCUT2D eigenvalue weighted by Gasteiger charge is -2.38. The molecule has 0 bridgehead atoms. The van der Waals surface area contributed by atoms with Gasteiger partial charge in [-0.05, 0) is 75.1 Å². The van der Waals surface area contributed by atoms with Crippen LogP contribution in [0, 0.1) is 19.8 Å². The molecule has 3 aromatic heterocycles. The highest BCUT2D eigenvalue weighted by molar-refractivity contribution is 7.13. The first-order valence-corrected chi connectivity index (χ1v) is 32.8. The van der Waals surface area contributed by atoms with Crippen molar-refractivity contribution in [2.75, 3.05) is 135 Å². The number of hydrogen-bond donors (Lipinski definition) is 3. The third-order valence-corrected chi connectivity index (χ3v) is 18.0. The van der Waals surface area contributed by atoms with E-state index in [1.807, 2.05) is 68.1 Å².